The number of hydrogen-bond donors (Lipinski definition) is 1. The van der Waals surface area contributed by atoms with Crippen LogP contribution < -0.4 is 5.32 Å². The Morgan fingerprint density at radius 1 is 1.04 bits per heavy atom. The molecule has 6 heteroatoms. The van der Waals surface area contributed by atoms with Crippen LogP contribution in [0.5, 0.6) is 0 Å². The maximum atomic E-state index is 12.5. The predicted molar refractivity (Wildman–Crippen MR) is 102 cm³/mol. The zero-order chi connectivity index (χ0) is 19.3. The second-order valence-corrected chi connectivity index (χ2v) is 7.37. The fourth-order valence-corrected chi connectivity index (χ4v) is 3.20. The van der Waals surface area contributed by atoms with Crippen molar-refractivity contribution in [2.75, 3.05) is 31.5 Å². The number of rotatable bonds is 6. The third-order valence-electron chi connectivity index (χ3n) is 4.77. The van der Waals surface area contributed by atoms with E-state index in [2.05, 4.69) is 33.0 Å². The molecule has 3 amide bonds. The molecule has 1 aromatic rings. The third-order valence-corrected chi connectivity index (χ3v) is 4.77. The summed E-state index contributed by atoms with van der Waals surface area (Å²) in [4.78, 5) is 38.9. The number of nitrogens with one attached hydrogen (secondary N) is 1. The number of carbonyl (C=O) groups is 3. The maximum absolute atomic E-state index is 12.5. The number of benzene rings is 1. The van der Waals surface area contributed by atoms with E-state index in [1.807, 2.05) is 18.2 Å². The van der Waals surface area contributed by atoms with Crippen molar-refractivity contribution in [3.8, 4) is 0 Å². The van der Waals surface area contributed by atoms with Crippen LogP contribution in [0, 0.1) is 0 Å². The van der Waals surface area contributed by atoms with Gasteiger partial charge in [0, 0.05) is 31.9 Å². The highest BCUT2D eigenvalue weighted by Gasteiger charge is 2.23. The molecule has 0 atom stereocenters. The van der Waals surface area contributed by atoms with Gasteiger partial charge in [0.2, 0.25) is 18.2 Å². The number of para-hydroxylation sites is 1. The van der Waals surface area contributed by atoms with Crippen LogP contribution in [0.2, 0.25) is 0 Å². The maximum Gasteiger partial charge on any atom is 0.233 e. The van der Waals surface area contributed by atoms with Crippen LogP contribution in [0.1, 0.15) is 57.1 Å². The van der Waals surface area contributed by atoms with E-state index in [-0.39, 0.29) is 30.1 Å². The first-order chi connectivity index (χ1) is 12.3. The molecule has 26 heavy (non-hydrogen) atoms. The number of carbonyl (C=O) groups excluding carboxylic acids is 3. The minimum absolute atomic E-state index is 0.176. The SMILES string of the molecule is CC(C)c1cccc(C(C)C)c1NC(=O)CC(=O)N1CCN(C=O)CC1. The Kier molecular flexibility index (Phi) is 6.77. The molecular weight excluding hydrogens is 330 g/mol. The average Bonchev–Trinajstić information content (AvgIpc) is 2.61. The largest absolute Gasteiger partial charge is 0.342 e. The van der Waals surface area contributed by atoms with Crippen LogP contribution >= 0.6 is 0 Å². The Balaban J connectivity index is 2.06. The minimum atomic E-state index is -0.289. The summed E-state index contributed by atoms with van der Waals surface area (Å²) in [6.07, 6.45) is 0.621. The minimum Gasteiger partial charge on any atom is -0.342 e. The van der Waals surface area contributed by atoms with Crippen molar-refractivity contribution in [1.82, 2.24) is 9.80 Å². The quantitative estimate of drug-likeness (QED) is 0.627. The van der Waals surface area contributed by atoms with Crippen molar-refractivity contribution in [3.63, 3.8) is 0 Å². The van der Waals surface area contributed by atoms with Gasteiger partial charge >= 0.3 is 0 Å². The molecule has 0 unspecified atom stereocenters. The highest BCUT2D eigenvalue weighted by atomic mass is 16.2. The van der Waals surface area contributed by atoms with Gasteiger partial charge in [0.1, 0.15) is 6.42 Å². The molecule has 6 nitrogen and oxygen atoms in total. The van der Waals surface area contributed by atoms with Gasteiger partial charge in [-0.25, -0.2) is 0 Å². The molecule has 1 aliphatic rings. The number of amides is 3. The zero-order valence-corrected chi connectivity index (χ0v) is 16.1. The molecule has 0 saturated carbocycles. The molecule has 1 fully saturated rings. The Bertz CT molecular complexity index is 636. The second-order valence-electron chi connectivity index (χ2n) is 7.37. The standard InChI is InChI=1S/C20H29N3O3/c1-14(2)16-6-5-7-17(15(3)4)20(16)21-18(25)12-19(26)23-10-8-22(13-24)9-11-23/h5-7,13-15H,8-12H2,1-4H3,(H,21,25). The van der Waals surface area contributed by atoms with E-state index in [0.29, 0.717) is 26.2 Å². The molecule has 1 N–H and O–H groups in total. The molecule has 0 spiro atoms. The van der Waals surface area contributed by atoms with Gasteiger partial charge in [0.25, 0.3) is 0 Å². The number of hydrogen-bond acceptors (Lipinski definition) is 3. The molecule has 1 aromatic carbocycles. The van der Waals surface area contributed by atoms with E-state index in [9.17, 15) is 14.4 Å². The van der Waals surface area contributed by atoms with E-state index >= 15 is 0 Å². The van der Waals surface area contributed by atoms with Crippen molar-refractivity contribution in [3.05, 3.63) is 29.3 Å². The first kappa shape index (κ1) is 19.9. The molecule has 0 aliphatic carbocycles. The first-order valence-electron chi connectivity index (χ1n) is 9.23. The Labute approximate surface area is 155 Å². The molecule has 1 heterocycles. The lowest BCUT2D eigenvalue weighted by atomic mass is 9.92. The Morgan fingerprint density at radius 2 is 1.58 bits per heavy atom. The summed E-state index contributed by atoms with van der Waals surface area (Å²) in [5.74, 6) is 0.0660. The number of anilines is 1. The normalized spacial score (nSPS) is 14.7. The number of piperazine rings is 1. The lowest BCUT2D eigenvalue weighted by Gasteiger charge is -2.32. The lowest BCUT2D eigenvalue weighted by molar-refractivity contribution is -0.137. The lowest BCUT2D eigenvalue weighted by Crippen LogP contribution is -2.48. The molecule has 2 rings (SSSR count). The molecule has 1 aliphatic heterocycles. The van der Waals surface area contributed by atoms with Crippen molar-refractivity contribution in [1.29, 1.82) is 0 Å². The Hall–Kier alpha value is -2.37. The van der Waals surface area contributed by atoms with Crippen molar-refractivity contribution in [2.24, 2.45) is 0 Å². The van der Waals surface area contributed by atoms with Crippen LogP contribution in [-0.4, -0.2) is 54.2 Å². The van der Waals surface area contributed by atoms with E-state index in [4.69, 9.17) is 0 Å². The van der Waals surface area contributed by atoms with Gasteiger partial charge in [-0.15, -0.1) is 0 Å². The van der Waals surface area contributed by atoms with Crippen molar-refractivity contribution < 1.29 is 14.4 Å². The predicted octanol–water partition coefficient (Wildman–Crippen LogP) is 2.56. The van der Waals surface area contributed by atoms with Crippen LogP contribution in [-0.2, 0) is 14.4 Å². The van der Waals surface area contributed by atoms with Crippen LogP contribution in [0.3, 0.4) is 0 Å². The van der Waals surface area contributed by atoms with Gasteiger partial charge < -0.3 is 15.1 Å². The van der Waals surface area contributed by atoms with Gasteiger partial charge in [-0.1, -0.05) is 45.9 Å². The molecular formula is C20H29N3O3. The first-order valence-corrected chi connectivity index (χ1v) is 9.23. The molecule has 142 valence electrons. The van der Waals surface area contributed by atoms with E-state index in [1.165, 1.54) is 0 Å². The van der Waals surface area contributed by atoms with E-state index < -0.39 is 0 Å². The van der Waals surface area contributed by atoms with Gasteiger partial charge in [0.05, 0.1) is 0 Å². The summed E-state index contributed by atoms with van der Waals surface area (Å²) in [5.41, 5.74) is 2.99. The van der Waals surface area contributed by atoms with Gasteiger partial charge in [-0.05, 0) is 23.0 Å². The fourth-order valence-electron chi connectivity index (χ4n) is 3.20. The van der Waals surface area contributed by atoms with Gasteiger partial charge in [-0.2, -0.15) is 0 Å². The fraction of sp³-hybridized carbons (Fsp3) is 0.550. The average molecular weight is 359 g/mol. The van der Waals surface area contributed by atoms with Gasteiger partial charge in [-0.3, -0.25) is 14.4 Å². The van der Waals surface area contributed by atoms with Gasteiger partial charge in [0.15, 0.2) is 0 Å². The summed E-state index contributed by atoms with van der Waals surface area (Å²) in [5, 5.41) is 2.98. The summed E-state index contributed by atoms with van der Waals surface area (Å²) in [6, 6.07) is 6.05. The molecule has 1 saturated heterocycles. The summed E-state index contributed by atoms with van der Waals surface area (Å²) in [7, 11) is 0. The van der Waals surface area contributed by atoms with Crippen LogP contribution in [0.4, 0.5) is 5.69 Å². The Morgan fingerprint density at radius 3 is 2.04 bits per heavy atom. The van der Waals surface area contributed by atoms with E-state index in [0.717, 1.165) is 23.2 Å². The van der Waals surface area contributed by atoms with Crippen molar-refractivity contribution in [2.45, 2.75) is 46.0 Å². The highest BCUT2D eigenvalue weighted by molar-refractivity contribution is 6.04. The summed E-state index contributed by atoms with van der Waals surface area (Å²) in [6.45, 7) is 10.4. The molecule has 0 bridgehead atoms. The third kappa shape index (κ3) is 4.84. The summed E-state index contributed by atoms with van der Waals surface area (Å²) < 4.78 is 0. The second kappa shape index (κ2) is 8.83. The van der Waals surface area contributed by atoms with Crippen molar-refractivity contribution >= 4 is 23.9 Å². The smallest absolute Gasteiger partial charge is 0.233 e. The molecule has 0 aromatic heterocycles. The van der Waals surface area contributed by atoms with E-state index in [1.54, 1.807) is 9.80 Å². The highest BCUT2D eigenvalue weighted by Crippen LogP contribution is 2.32. The summed E-state index contributed by atoms with van der Waals surface area (Å²) >= 11 is 0. The monoisotopic (exact) mass is 359 g/mol. The number of nitrogens with zero attached hydrogens (tertiary/aromatic N) is 2. The van der Waals surface area contributed by atoms with Crippen LogP contribution in [0.25, 0.3) is 0 Å². The zero-order valence-electron chi connectivity index (χ0n) is 16.1. The molecule has 0 radical (unpaired) electrons. The topological polar surface area (TPSA) is 69.7 Å². The van der Waals surface area contributed by atoms with Crippen LogP contribution in [0.15, 0.2) is 18.2 Å².